The SMILES string of the molecule is ClCCN(Cc1cccc(Cl)c1)C1CCCC1. The molecule has 1 aromatic rings. The summed E-state index contributed by atoms with van der Waals surface area (Å²) in [5, 5.41) is 0.819. The van der Waals surface area contributed by atoms with Crippen LogP contribution in [0.1, 0.15) is 31.2 Å². The molecule has 1 aromatic carbocycles. The molecule has 1 aliphatic carbocycles. The Hall–Kier alpha value is -0.240. The summed E-state index contributed by atoms with van der Waals surface area (Å²) in [4.78, 5) is 2.51. The first-order valence-corrected chi connectivity index (χ1v) is 7.25. The molecule has 0 atom stereocenters. The highest BCUT2D eigenvalue weighted by atomic mass is 35.5. The van der Waals surface area contributed by atoms with Gasteiger partial charge in [0, 0.05) is 30.0 Å². The van der Waals surface area contributed by atoms with E-state index in [9.17, 15) is 0 Å². The van der Waals surface area contributed by atoms with Gasteiger partial charge in [-0.05, 0) is 30.5 Å². The van der Waals surface area contributed by atoms with Crippen LogP contribution in [-0.4, -0.2) is 23.4 Å². The van der Waals surface area contributed by atoms with Crippen molar-refractivity contribution in [2.24, 2.45) is 0 Å². The van der Waals surface area contributed by atoms with E-state index in [0.29, 0.717) is 11.9 Å². The quantitative estimate of drug-likeness (QED) is 0.721. The van der Waals surface area contributed by atoms with Gasteiger partial charge in [-0.15, -0.1) is 11.6 Å². The van der Waals surface area contributed by atoms with E-state index in [1.807, 2.05) is 12.1 Å². The summed E-state index contributed by atoms with van der Waals surface area (Å²) in [7, 11) is 0. The summed E-state index contributed by atoms with van der Waals surface area (Å²) in [6.45, 7) is 1.94. The number of benzene rings is 1. The number of nitrogens with zero attached hydrogens (tertiary/aromatic N) is 1. The zero-order valence-electron chi connectivity index (χ0n) is 10.0. The van der Waals surface area contributed by atoms with Gasteiger partial charge in [-0.2, -0.15) is 0 Å². The minimum atomic E-state index is 0.705. The molecule has 0 bridgehead atoms. The minimum absolute atomic E-state index is 0.705. The maximum atomic E-state index is 6.02. The van der Waals surface area contributed by atoms with Crippen molar-refractivity contribution in [3.8, 4) is 0 Å². The third-order valence-corrected chi connectivity index (χ3v) is 3.89. The van der Waals surface area contributed by atoms with Gasteiger partial charge in [-0.3, -0.25) is 4.90 Å². The van der Waals surface area contributed by atoms with E-state index in [-0.39, 0.29) is 0 Å². The number of rotatable bonds is 5. The van der Waals surface area contributed by atoms with Crippen molar-refractivity contribution < 1.29 is 0 Å². The van der Waals surface area contributed by atoms with Crippen LogP contribution >= 0.6 is 23.2 Å². The first kappa shape index (κ1) is 13.2. The van der Waals surface area contributed by atoms with Gasteiger partial charge in [-0.1, -0.05) is 36.6 Å². The first-order valence-electron chi connectivity index (χ1n) is 6.34. The van der Waals surface area contributed by atoms with Crippen LogP contribution in [0, 0.1) is 0 Å². The van der Waals surface area contributed by atoms with Crippen LogP contribution in [0.3, 0.4) is 0 Å². The second-order valence-electron chi connectivity index (χ2n) is 4.73. The average molecular weight is 272 g/mol. The van der Waals surface area contributed by atoms with Crippen LogP contribution in [0.4, 0.5) is 0 Å². The molecule has 0 spiro atoms. The van der Waals surface area contributed by atoms with Gasteiger partial charge in [0.25, 0.3) is 0 Å². The molecule has 0 unspecified atom stereocenters. The van der Waals surface area contributed by atoms with Crippen molar-refractivity contribution in [3.63, 3.8) is 0 Å². The summed E-state index contributed by atoms with van der Waals surface area (Å²) in [5.41, 5.74) is 1.29. The second kappa shape index (κ2) is 6.63. The lowest BCUT2D eigenvalue weighted by Gasteiger charge is -2.28. The fraction of sp³-hybridized carbons (Fsp3) is 0.571. The molecule has 94 valence electrons. The van der Waals surface area contributed by atoms with Crippen molar-refractivity contribution in [1.29, 1.82) is 0 Å². The molecule has 0 N–H and O–H groups in total. The number of hydrogen-bond acceptors (Lipinski definition) is 1. The molecule has 0 aromatic heterocycles. The molecule has 0 radical (unpaired) electrons. The Bertz CT molecular complexity index is 348. The van der Waals surface area contributed by atoms with E-state index in [2.05, 4.69) is 17.0 Å². The maximum Gasteiger partial charge on any atom is 0.0409 e. The largest absolute Gasteiger partial charge is 0.295 e. The Labute approximate surface area is 114 Å². The Morgan fingerprint density at radius 2 is 2.00 bits per heavy atom. The lowest BCUT2D eigenvalue weighted by Crippen LogP contribution is -2.34. The lowest BCUT2D eigenvalue weighted by molar-refractivity contribution is 0.201. The van der Waals surface area contributed by atoms with Gasteiger partial charge in [0.2, 0.25) is 0 Å². The summed E-state index contributed by atoms with van der Waals surface area (Å²) in [5.74, 6) is 0.705. The first-order chi connectivity index (χ1) is 8.29. The van der Waals surface area contributed by atoms with Gasteiger partial charge < -0.3 is 0 Å². The van der Waals surface area contributed by atoms with Gasteiger partial charge in [0.05, 0.1) is 0 Å². The van der Waals surface area contributed by atoms with Crippen LogP contribution in [0.5, 0.6) is 0 Å². The molecule has 1 aliphatic rings. The smallest absolute Gasteiger partial charge is 0.0409 e. The van der Waals surface area contributed by atoms with Crippen molar-refractivity contribution in [2.75, 3.05) is 12.4 Å². The van der Waals surface area contributed by atoms with Gasteiger partial charge in [0.15, 0.2) is 0 Å². The van der Waals surface area contributed by atoms with E-state index in [0.717, 1.165) is 18.1 Å². The Morgan fingerprint density at radius 1 is 1.24 bits per heavy atom. The number of hydrogen-bond donors (Lipinski definition) is 0. The third-order valence-electron chi connectivity index (χ3n) is 3.49. The van der Waals surface area contributed by atoms with E-state index >= 15 is 0 Å². The van der Waals surface area contributed by atoms with Crippen LogP contribution in [0.25, 0.3) is 0 Å². The minimum Gasteiger partial charge on any atom is -0.295 e. The molecule has 0 heterocycles. The zero-order valence-corrected chi connectivity index (χ0v) is 11.6. The molecule has 1 saturated carbocycles. The highest BCUT2D eigenvalue weighted by molar-refractivity contribution is 6.30. The Balaban J connectivity index is 2.01. The fourth-order valence-corrected chi connectivity index (χ4v) is 3.07. The van der Waals surface area contributed by atoms with Gasteiger partial charge in [-0.25, -0.2) is 0 Å². The third kappa shape index (κ3) is 3.87. The monoisotopic (exact) mass is 271 g/mol. The van der Waals surface area contributed by atoms with Crippen molar-refractivity contribution in [2.45, 2.75) is 38.3 Å². The maximum absolute atomic E-state index is 6.02. The topological polar surface area (TPSA) is 3.24 Å². The molecular formula is C14H19Cl2N. The molecule has 1 nitrogen and oxygen atoms in total. The zero-order chi connectivity index (χ0) is 12.1. The van der Waals surface area contributed by atoms with Crippen molar-refractivity contribution in [1.82, 2.24) is 4.90 Å². The Morgan fingerprint density at radius 3 is 2.65 bits per heavy atom. The van der Waals surface area contributed by atoms with E-state index in [1.54, 1.807) is 0 Å². The summed E-state index contributed by atoms with van der Waals surface area (Å²) in [6.07, 6.45) is 5.35. The standard InChI is InChI=1S/C14H19Cl2N/c15-8-9-17(14-6-1-2-7-14)11-12-4-3-5-13(16)10-12/h3-5,10,14H,1-2,6-9,11H2. The fourth-order valence-electron chi connectivity index (χ4n) is 2.64. The average Bonchev–Trinajstić information content (AvgIpc) is 2.82. The number of alkyl halides is 1. The molecule has 1 fully saturated rings. The number of halogens is 2. The normalized spacial score (nSPS) is 16.9. The van der Waals surface area contributed by atoms with Crippen LogP contribution < -0.4 is 0 Å². The van der Waals surface area contributed by atoms with E-state index in [4.69, 9.17) is 23.2 Å². The van der Waals surface area contributed by atoms with Crippen LogP contribution in [0.2, 0.25) is 5.02 Å². The molecule has 2 rings (SSSR count). The Kier molecular flexibility index (Phi) is 5.15. The second-order valence-corrected chi connectivity index (χ2v) is 5.54. The molecular weight excluding hydrogens is 253 g/mol. The van der Waals surface area contributed by atoms with Crippen molar-refractivity contribution in [3.05, 3.63) is 34.9 Å². The lowest BCUT2D eigenvalue weighted by atomic mass is 10.1. The predicted molar refractivity (Wildman–Crippen MR) is 74.8 cm³/mol. The molecule has 3 heteroatoms. The summed E-state index contributed by atoms with van der Waals surface area (Å²) >= 11 is 11.9. The highest BCUT2D eigenvalue weighted by Crippen LogP contribution is 2.25. The van der Waals surface area contributed by atoms with Crippen LogP contribution in [0.15, 0.2) is 24.3 Å². The van der Waals surface area contributed by atoms with Gasteiger partial charge in [0.1, 0.15) is 0 Å². The van der Waals surface area contributed by atoms with Crippen molar-refractivity contribution >= 4 is 23.2 Å². The van der Waals surface area contributed by atoms with E-state index < -0.39 is 0 Å². The van der Waals surface area contributed by atoms with Gasteiger partial charge >= 0.3 is 0 Å². The molecule has 0 aliphatic heterocycles. The van der Waals surface area contributed by atoms with Crippen LogP contribution in [-0.2, 0) is 6.54 Å². The summed E-state index contributed by atoms with van der Waals surface area (Å²) in [6, 6.07) is 8.85. The highest BCUT2D eigenvalue weighted by Gasteiger charge is 2.22. The summed E-state index contributed by atoms with van der Waals surface area (Å²) < 4.78 is 0. The molecule has 0 amide bonds. The van der Waals surface area contributed by atoms with E-state index in [1.165, 1.54) is 31.2 Å². The predicted octanol–water partition coefficient (Wildman–Crippen LogP) is 4.32. The molecule has 0 saturated heterocycles. The molecule has 17 heavy (non-hydrogen) atoms.